The van der Waals surface area contributed by atoms with Gasteiger partial charge in [0.05, 0.1) is 0 Å². The lowest BCUT2D eigenvalue weighted by Crippen LogP contribution is -1.98. The highest BCUT2D eigenvalue weighted by molar-refractivity contribution is 6.15. The summed E-state index contributed by atoms with van der Waals surface area (Å²) in [6.45, 7) is 2.97. The molecule has 0 rings (SSSR count). The van der Waals surface area contributed by atoms with Crippen LogP contribution in [0, 0.1) is 0 Å². The molecule has 15 heavy (non-hydrogen) atoms. The molecule has 0 bridgehead atoms. The molecule has 0 radical (unpaired) electrons. The second-order valence-electron chi connectivity index (χ2n) is 4.22. The number of rotatable bonds is 12. The van der Waals surface area contributed by atoms with Crippen LogP contribution in [-0.2, 0) is 4.65 Å². The van der Waals surface area contributed by atoms with E-state index >= 15 is 0 Å². The van der Waals surface area contributed by atoms with Crippen LogP contribution in [0.1, 0.15) is 71.1 Å². The maximum Gasteiger partial charge on any atom is 0.435 e. The molecule has 90 valence electrons. The van der Waals surface area contributed by atoms with Crippen molar-refractivity contribution in [2.75, 3.05) is 6.61 Å². The molecule has 0 amide bonds. The summed E-state index contributed by atoms with van der Waals surface area (Å²) in [6, 6.07) is 0. The first-order valence-electron chi connectivity index (χ1n) is 6.60. The summed E-state index contributed by atoms with van der Waals surface area (Å²) in [5.41, 5.74) is 0. The van der Waals surface area contributed by atoms with E-state index in [1.54, 1.807) is 0 Å². The molecule has 1 N–H and O–H groups in total. The topological polar surface area (TPSA) is 29.5 Å². The van der Waals surface area contributed by atoms with Gasteiger partial charge in [-0.3, -0.25) is 0 Å². The smallest absolute Gasteiger partial charge is 0.430 e. The van der Waals surface area contributed by atoms with Crippen molar-refractivity contribution in [3.8, 4) is 0 Å². The van der Waals surface area contributed by atoms with Crippen molar-refractivity contribution in [2.24, 2.45) is 0 Å². The van der Waals surface area contributed by atoms with Gasteiger partial charge in [-0.05, 0) is 6.42 Å². The fourth-order valence-corrected chi connectivity index (χ4v) is 1.76. The summed E-state index contributed by atoms with van der Waals surface area (Å²) in [7, 11) is -0.128. The van der Waals surface area contributed by atoms with Gasteiger partial charge in [-0.1, -0.05) is 64.7 Å². The van der Waals surface area contributed by atoms with Crippen molar-refractivity contribution in [2.45, 2.75) is 71.1 Å². The van der Waals surface area contributed by atoms with E-state index in [0.717, 1.165) is 6.42 Å². The first kappa shape index (κ1) is 15.0. The lowest BCUT2D eigenvalue weighted by Gasteiger charge is -2.02. The molecule has 0 saturated heterocycles. The maximum atomic E-state index is 8.39. The molecule has 0 aliphatic heterocycles. The Morgan fingerprint density at radius 3 is 1.73 bits per heavy atom. The van der Waals surface area contributed by atoms with Crippen molar-refractivity contribution in [3.05, 3.63) is 0 Å². The molecule has 0 aliphatic rings. The molecule has 0 aromatic rings. The normalized spacial score (nSPS) is 10.5. The molecule has 0 atom stereocenters. The highest BCUT2D eigenvalue weighted by atomic mass is 16.5. The quantitative estimate of drug-likeness (QED) is 0.399. The first-order valence-corrected chi connectivity index (χ1v) is 6.60. The molecule has 0 spiro atoms. The highest BCUT2D eigenvalue weighted by Crippen LogP contribution is 2.10. The van der Waals surface area contributed by atoms with Gasteiger partial charge in [-0.25, -0.2) is 0 Å². The summed E-state index contributed by atoms with van der Waals surface area (Å²) in [5, 5.41) is 8.39. The molecule has 0 heterocycles. The van der Waals surface area contributed by atoms with E-state index in [9.17, 15) is 0 Å². The summed E-state index contributed by atoms with van der Waals surface area (Å²) in [4.78, 5) is 0. The van der Waals surface area contributed by atoms with Crippen LogP contribution in [0.2, 0.25) is 0 Å². The van der Waals surface area contributed by atoms with Gasteiger partial charge in [0.25, 0.3) is 0 Å². The minimum absolute atomic E-state index is 0.128. The number of hydrogen-bond donors (Lipinski definition) is 1. The van der Waals surface area contributed by atoms with E-state index in [-0.39, 0.29) is 7.69 Å². The van der Waals surface area contributed by atoms with Crippen LogP contribution in [0.4, 0.5) is 0 Å². The molecular weight excluding hydrogens is 187 g/mol. The SMILES string of the molecule is CCCCCCCCCCCCOBO. The Balaban J connectivity index is 2.81. The van der Waals surface area contributed by atoms with Crippen LogP contribution >= 0.6 is 0 Å². The molecule has 0 aliphatic carbocycles. The average Bonchev–Trinajstić information content (AvgIpc) is 2.26. The molecule has 0 fully saturated rings. The molecule has 0 unspecified atom stereocenters. The summed E-state index contributed by atoms with van der Waals surface area (Å²) in [6.07, 6.45) is 13.4. The van der Waals surface area contributed by atoms with E-state index < -0.39 is 0 Å². The summed E-state index contributed by atoms with van der Waals surface area (Å²) >= 11 is 0. The standard InChI is InChI=1S/C12H27BO2/c1-2-3-4-5-6-7-8-9-10-11-12-15-13-14/h13-14H,2-12H2,1H3. The fourth-order valence-electron chi connectivity index (χ4n) is 1.76. The van der Waals surface area contributed by atoms with E-state index in [1.165, 1.54) is 57.8 Å². The second-order valence-corrected chi connectivity index (χ2v) is 4.22. The van der Waals surface area contributed by atoms with Crippen molar-refractivity contribution in [1.29, 1.82) is 0 Å². The van der Waals surface area contributed by atoms with E-state index in [4.69, 9.17) is 9.68 Å². The second kappa shape index (κ2) is 14.0. The Kier molecular flexibility index (Phi) is 14.0. The summed E-state index contributed by atoms with van der Waals surface area (Å²) in [5.74, 6) is 0. The van der Waals surface area contributed by atoms with Crippen molar-refractivity contribution >= 4 is 7.69 Å². The van der Waals surface area contributed by atoms with Gasteiger partial charge in [0.2, 0.25) is 0 Å². The van der Waals surface area contributed by atoms with Crippen LogP contribution in [0.25, 0.3) is 0 Å². The zero-order valence-corrected chi connectivity index (χ0v) is 10.3. The van der Waals surface area contributed by atoms with E-state index in [1.807, 2.05) is 0 Å². The van der Waals surface area contributed by atoms with Crippen LogP contribution in [0.3, 0.4) is 0 Å². The lowest BCUT2D eigenvalue weighted by atomic mass is 10.1. The van der Waals surface area contributed by atoms with Crippen molar-refractivity contribution in [3.63, 3.8) is 0 Å². The molecule has 0 saturated carbocycles. The van der Waals surface area contributed by atoms with Crippen LogP contribution in [-0.4, -0.2) is 19.3 Å². The van der Waals surface area contributed by atoms with Gasteiger partial charge >= 0.3 is 7.69 Å². The third-order valence-electron chi connectivity index (χ3n) is 2.73. The van der Waals surface area contributed by atoms with Crippen LogP contribution in [0.15, 0.2) is 0 Å². The van der Waals surface area contributed by atoms with Crippen molar-refractivity contribution < 1.29 is 9.68 Å². The number of unbranched alkanes of at least 4 members (excludes halogenated alkanes) is 9. The minimum Gasteiger partial charge on any atom is -0.430 e. The molecular formula is C12H27BO2. The highest BCUT2D eigenvalue weighted by Gasteiger charge is 1.92. The first-order chi connectivity index (χ1) is 7.41. The van der Waals surface area contributed by atoms with Crippen LogP contribution in [0.5, 0.6) is 0 Å². The third-order valence-corrected chi connectivity index (χ3v) is 2.73. The third kappa shape index (κ3) is 14.0. The van der Waals surface area contributed by atoms with Gasteiger partial charge in [0, 0.05) is 6.61 Å². The Morgan fingerprint density at radius 2 is 1.27 bits per heavy atom. The lowest BCUT2D eigenvalue weighted by molar-refractivity contribution is 0.274. The predicted octanol–water partition coefficient (Wildman–Crippen LogP) is 3.18. The Bertz CT molecular complexity index is 97.8. The predicted molar refractivity (Wildman–Crippen MR) is 67.2 cm³/mol. The zero-order valence-electron chi connectivity index (χ0n) is 10.3. The van der Waals surface area contributed by atoms with E-state index in [2.05, 4.69) is 6.92 Å². The fraction of sp³-hybridized carbons (Fsp3) is 1.00. The largest absolute Gasteiger partial charge is 0.435 e. The minimum atomic E-state index is -0.128. The molecule has 3 heteroatoms. The molecule has 0 aromatic heterocycles. The number of hydrogen-bond acceptors (Lipinski definition) is 2. The average molecular weight is 214 g/mol. The Labute approximate surface area is 95.7 Å². The van der Waals surface area contributed by atoms with Gasteiger partial charge in [0.15, 0.2) is 0 Å². The van der Waals surface area contributed by atoms with Gasteiger partial charge in [-0.2, -0.15) is 0 Å². The maximum absolute atomic E-state index is 8.39. The Hall–Kier alpha value is -0.0151. The van der Waals surface area contributed by atoms with Crippen LogP contribution < -0.4 is 0 Å². The van der Waals surface area contributed by atoms with Gasteiger partial charge in [-0.15, -0.1) is 0 Å². The van der Waals surface area contributed by atoms with Gasteiger partial charge < -0.3 is 9.68 Å². The Morgan fingerprint density at radius 1 is 0.800 bits per heavy atom. The van der Waals surface area contributed by atoms with Crippen molar-refractivity contribution in [1.82, 2.24) is 0 Å². The zero-order chi connectivity index (χ0) is 11.2. The molecule has 2 nitrogen and oxygen atoms in total. The van der Waals surface area contributed by atoms with Gasteiger partial charge in [0.1, 0.15) is 0 Å². The van der Waals surface area contributed by atoms with E-state index in [0.29, 0.717) is 6.61 Å². The molecule has 0 aromatic carbocycles. The monoisotopic (exact) mass is 214 g/mol. The summed E-state index contributed by atoms with van der Waals surface area (Å²) < 4.78 is 4.86.